The van der Waals surface area contributed by atoms with Crippen LogP contribution >= 0.6 is 27.3 Å². The van der Waals surface area contributed by atoms with E-state index in [1.54, 1.807) is 24.4 Å². The second-order valence-corrected chi connectivity index (χ2v) is 5.14. The summed E-state index contributed by atoms with van der Waals surface area (Å²) in [6.45, 7) is 1.92. The molecule has 0 radical (unpaired) electrons. The maximum atomic E-state index is 9.58. The van der Waals surface area contributed by atoms with Crippen molar-refractivity contribution in [3.63, 3.8) is 0 Å². The summed E-state index contributed by atoms with van der Waals surface area (Å²) in [7, 11) is 0. The molecule has 1 aromatic carbocycles. The summed E-state index contributed by atoms with van der Waals surface area (Å²) in [4.78, 5) is 4.20. The Bertz CT molecular complexity index is 553. The van der Waals surface area contributed by atoms with Crippen molar-refractivity contribution < 1.29 is 5.11 Å². The van der Waals surface area contributed by atoms with Crippen LogP contribution in [0, 0.1) is 6.92 Å². The highest BCUT2D eigenvalue weighted by Gasteiger charge is 1.99. The molecule has 1 heterocycles. The van der Waals surface area contributed by atoms with Crippen LogP contribution in [0.3, 0.4) is 0 Å². The lowest BCUT2D eigenvalue weighted by molar-refractivity contribution is 0.474. The highest BCUT2D eigenvalue weighted by atomic mass is 79.9. The molecule has 1 aromatic heterocycles. The van der Waals surface area contributed by atoms with Gasteiger partial charge in [-0.2, -0.15) is 5.10 Å². The first-order chi connectivity index (χ1) is 8.15. The Morgan fingerprint density at radius 2 is 2.35 bits per heavy atom. The molecule has 0 aliphatic carbocycles. The van der Waals surface area contributed by atoms with Crippen molar-refractivity contribution in [1.29, 1.82) is 0 Å². The van der Waals surface area contributed by atoms with Gasteiger partial charge >= 0.3 is 0 Å². The number of anilines is 1. The molecule has 0 atom stereocenters. The molecular weight excluding hydrogens is 302 g/mol. The van der Waals surface area contributed by atoms with Gasteiger partial charge < -0.3 is 5.11 Å². The van der Waals surface area contributed by atoms with E-state index in [9.17, 15) is 5.11 Å². The van der Waals surface area contributed by atoms with Gasteiger partial charge in [0.2, 0.25) is 5.13 Å². The quantitative estimate of drug-likeness (QED) is 0.675. The van der Waals surface area contributed by atoms with Crippen LogP contribution in [-0.2, 0) is 0 Å². The normalized spacial score (nSPS) is 10.9. The first kappa shape index (κ1) is 12.1. The van der Waals surface area contributed by atoms with E-state index in [4.69, 9.17) is 0 Å². The Kier molecular flexibility index (Phi) is 3.75. The number of benzene rings is 1. The predicted octanol–water partition coefficient (Wildman–Crippen LogP) is 3.37. The lowest BCUT2D eigenvalue weighted by Crippen LogP contribution is -1.90. The molecular formula is C11H10BrN3OS. The van der Waals surface area contributed by atoms with E-state index < -0.39 is 0 Å². The number of hydrazone groups is 1. The van der Waals surface area contributed by atoms with E-state index in [1.807, 2.05) is 12.3 Å². The molecule has 0 saturated heterocycles. The Labute approximate surface area is 111 Å². The van der Waals surface area contributed by atoms with Crippen molar-refractivity contribution in [2.45, 2.75) is 6.92 Å². The molecule has 2 aromatic rings. The zero-order valence-corrected chi connectivity index (χ0v) is 11.4. The number of phenols is 1. The van der Waals surface area contributed by atoms with Gasteiger partial charge in [-0.3, -0.25) is 5.43 Å². The van der Waals surface area contributed by atoms with Crippen molar-refractivity contribution in [2.24, 2.45) is 5.10 Å². The Hall–Kier alpha value is -1.40. The van der Waals surface area contributed by atoms with Gasteiger partial charge in [0, 0.05) is 15.4 Å². The van der Waals surface area contributed by atoms with Gasteiger partial charge in [0.1, 0.15) is 5.75 Å². The summed E-state index contributed by atoms with van der Waals surface area (Å²) in [6, 6.07) is 5.16. The second-order valence-electron chi connectivity index (χ2n) is 3.37. The smallest absolute Gasteiger partial charge is 0.203 e. The molecule has 0 fully saturated rings. The van der Waals surface area contributed by atoms with E-state index in [0.717, 1.165) is 15.3 Å². The molecule has 0 saturated carbocycles. The van der Waals surface area contributed by atoms with Crippen molar-refractivity contribution in [3.05, 3.63) is 39.3 Å². The molecule has 0 bridgehead atoms. The maximum absolute atomic E-state index is 9.58. The fourth-order valence-corrected chi connectivity index (χ4v) is 2.21. The lowest BCUT2D eigenvalue weighted by Gasteiger charge is -1.99. The fraction of sp³-hybridized carbons (Fsp3) is 0.0909. The number of aryl methyl sites for hydroxylation is 1. The van der Waals surface area contributed by atoms with Gasteiger partial charge in [-0.05, 0) is 25.1 Å². The minimum atomic E-state index is 0.189. The van der Waals surface area contributed by atoms with Crippen molar-refractivity contribution >= 4 is 38.6 Å². The maximum Gasteiger partial charge on any atom is 0.203 e. The lowest BCUT2D eigenvalue weighted by atomic mass is 10.2. The summed E-state index contributed by atoms with van der Waals surface area (Å²) in [5.41, 5.74) is 4.41. The van der Waals surface area contributed by atoms with Gasteiger partial charge in [0.15, 0.2) is 0 Å². The molecule has 6 heteroatoms. The molecule has 0 amide bonds. The number of thiazole rings is 1. The van der Waals surface area contributed by atoms with E-state index >= 15 is 0 Å². The number of halogens is 1. The molecule has 0 unspecified atom stereocenters. The van der Waals surface area contributed by atoms with Gasteiger partial charge in [0.05, 0.1) is 11.9 Å². The average molecular weight is 312 g/mol. The zero-order chi connectivity index (χ0) is 12.3. The molecule has 0 aliphatic heterocycles. The van der Waals surface area contributed by atoms with Crippen molar-refractivity contribution in [1.82, 2.24) is 4.98 Å². The minimum Gasteiger partial charge on any atom is -0.507 e. The summed E-state index contributed by atoms with van der Waals surface area (Å²) in [6.07, 6.45) is 1.55. The first-order valence-corrected chi connectivity index (χ1v) is 6.52. The number of hydrogen-bond acceptors (Lipinski definition) is 5. The van der Waals surface area contributed by atoms with Crippen LogP contribution in [0.2, 0.25) is 0 Å². The average Bonchev–Trinajstić information content (AvgIpc) is 2.69. The highest BCUT2D eigenvalue weighted by molar-refractivity contribution is 9.10. The number of aromatic hydroxyl groups is 1. The van der Waals surface area contributed by atoms with Crippen LogP contribution in [-0.4, -0.2) is 16.3 Å². The third-order valence-corrected chi connectivity index (χ3v) is 3.33. The Morgan fingerprint density at radius 3 is 3.06 bits per heavy atom. The summed E-state index contributed by atoms with van der Waals surface area (Å²) in [5.74, 6) is 0.189. The third kappa shape index (κ3) is 3.28. The van der Waals surface area contributed by atoms with E-state index in [0.29, 0.717) is 5.56 Å². The van der Waals surface area contributed by atoms with Gasteiger partial charge in [-0.1, -0.05) is 15.9 Å². The summed E-state index contributed by atoms with van der Waals surface area (Å²) < 4.78 is 0.891. The highest BCUT2D eigenvalue weighted by Crippen LogP contribution is 2.20. The molecule has 88 valence electrons. The fourth-order valence-electron chi connectivity index (χ4n) is 1.19. The van der Waals surface area contributed by atoms with Crippen molar-refractivity contribution in [3.8, 4) is 5.75 Å². The summed E-state index contributed by atoms with van der Waals surface area (Å²) in [5, 5.41) is 16.3. The molecule has 0 aliphatic rings. The van der Waals surface area contributed by atoms with Gasteiger partial charge in [0.25, 0.3) is 0 Å². The number of nitrogens with zero attached hydrogens (tertiary/aromatic N) is 2. The molecule has 0 spiro atoms. The van der Waals surface area contributed by atoms with Crippen LogP contribution in [0.5, 0.6) is 5.75 Å². The second kappa shape index (κ2) is 5.29. The number of rotatable bonds is 3. The largest absolute Gasteiger partial charge is 0.507 e. The number of phenolic OH excluding ortho intramolecular Hbond substituents is 1. The molecule has 17 heavy (non-hydrogen) atoms. The Balaban J connectivity index is 2.07. The zero-order valence-electron chi connectivity index (χ0n) is 9.01. The minimum absolute atomic E-state index is 0.189. The Morgan fingerprint density at radius 1 is 1.53 bits per heavy atom. The predicted molar refractivity (Wildman–Crippen MR) is 73.9 cm³/mol. The summed E-state index contributed by atoms with van der Waals surface area (Å²) >= 11 is 4.82. The van der Waals surface area contributed by atoms with E-state index in [-0.39, 0.29) is 5.75 Å². The molecule has 2 N–H and O–H groups in total. The molecule has 4 nitrogen and oxygen atoms in total. The van der Waals surface area contributed by atoms with Crippen LogP contribution < -0.4 is 5.43 Å². The topological polar surface area (TPSA) is 57.5 Å². The van der Waals surface area contributed by atoms with Crippen LogP contribution in [0.25, 0.3) is 0 Å². The monoisotopic (exact) mass is 311 g/mol. The van der Waals surface area contributed by atoms with Crippen LogP contribution in [0.4, 0.5) is 5.13 Å². The SMILES string of the molecule is Cc1csc(N/N=C\c2cc(Br)ccc2O)n1. The third-order valence-electron chi connectivity index (χ3n) is 1.97. The van der Waals surface area contributed by atoms with Crippen LogP contribution in [0.15, 0.2) is 33.2 Å². The van der Waals surface area contributed by atoms with Crippen molar-refractivity contribution in [2.75, 3.05) is 5.43 Å². The van der Waals surface area contributed by atoms with Gasteiger partial charge in [-0.15, -0.1) is 11.3 Å². The standard InChI is InChI=1S/C11H10BrN3OS/c1-7-6-17-11(14-7)15-13-5-8-4-9(12)2-3-10(8)16/h2-6,16H,1H3,(H,14,15)/b13-5-. The number of nitrogens with one attached hydrogen (secondary N) is 1. The van der Waals surface area contributed by atoms with E-state index in [2.05, 4.69) is 31.4 Å². The van der Waals surface area contributed by atoms with E-state index in [1.165, 1.54) is 11.3 Å². The van der Waals surface area contributed by atoms with Crippen LogP contribution in [0.1, 0.15) is 11.3 Å². The van der Waals surface area contributed by atoms with Gasteiger partial charge in [-0.25, -0.2) is 4.98 Å². The first-order valence-electron chi connectivity index (χ1n) is 4.85. The number of hydrogen-bond donors (Lipinski definition) is 2. The molecule has 2 rings (SSSR count). The number of aromatic nitrogens is 1.